The highest BCUT2D eigenvalue weighted by molar-refractivity contribution is 5.74. The lowest BCUT2D eigenvalue weighted by Crippen LogP contribution is -2.16. The summed E-state index contributed by atoms with van der Waals surface area (Å²) in [6.07, 6.45) is 11.5. The van der Waals surface area contributed by atoms with Crippen molar-refractivity contribution in [1.29, 1.82) is 0 Å². The van der Waals surface area contributed by atoms with Crippen molar-refractivity contribution in [3.05, 3.63) is 52.6 Å². The van der Waals surface area contributed by atoms with Crippen LogP contribution in [0.25, 0.3) is 11.1 Å². The summed E-state index contributed by atoms with van der Waals surface area (Å²) in [6, 6.07) is 11.7. The molecule has 2 aliphatic carbocycles. The van der Waals surface area contributed by atoms with Crippen LogP contribution in [0.4, 0.5) is 0 Å². The molecule has 0 heterocycles. The van der Waals surface area contributed by atoms with E-state index >= 15 is 0 Å². The van der Waals surface area contributed by atoms with Gasteiger partial charge in [0.15, 0.2) is 0 Å². The summed E-state index contributed by atoms with van der Waals surface area (Å²) in [6.45, 7) is 6.93. The van der Waals surface area contributed by atoms with Gasteiger partial charge in [0.25, 0.3) is 0 Å². The molecule has 27 heavy (non-hydrogen) atoms. The number of aryl methyl sites for hydroxylation is 3. The molecular weight excluding hydrogens is 328 g/mol. The van der Waals surface area contributed by atoms with E-state index in [-0.39, 0.29) is 0 Å². The van der Waals surface area contributed by atoms with Crippen molar-refractivity contribution in [2.45, 2.75) is 90.6 Å². The maximum absolute atomic E-state index is 6.65. The Labute approximate surface area is 165 Å². The van der Waals surface area contributed by atoms with Crippen LogP contribution in [-0.4, -0.2) is 6.10 Å². The zero-order chi connectivity index (χ0) is 18.8. The molecular formula is C26H34O. The van der Waals surface area contributed by atoms with Crippen molar-refractivity contribution < 1.29 is 4.74 Å². The summed E-state index contributed by atoms with van der Waals surface area (Å²) >= 11 is 0. The first kappa shape index (κ1) is 18.6. The Kier molecular flexibility index (Phi) is 5.57. The zero-order valence-corrected chi connectivity index (χ0v) is 17.3. The Balaban J connectivity index is 1.85. The number of hydrogen-bond acceptors (Lipinski definition) is 1. The van der Waals surface area contributed by atoms with Gasteiger partial charge in [-0.05, 0) is 97.6 Å². The average Bonchev–Trinajstić information content (AvgIpc) is 3.20. The lowest BCUT2D eigenvalue weighted by molar-refractivity contribution is 0.206. The van der Waals surface area contributed by atoms with Crippen LogP contribution >= 0.6 is 0 Å². The monoisotopic (exact) mass is 362 g/mol. The molecule has 2 aliphatic rings. The molecule has 1 heteroatoms. The van der Waals surface area contributed by atoms with Crippen molar-refractivity contribution in [1.82, 2.24) is 0 Å². The van der Waals surface area contributed by atoms with Gasteiger partial charge in [0.2, 0.25) is 0 Å². The topological polar surface area (TPSA) is 9.23 Å². The Morgan fingerprint density at radius 2 is 1.63 bits per heavy atom. The molecule has 144 valence electrons. The van der Waals surface area contributed by atoms with Crippen molar-refractivity contribution in [3.8, 4) is 16.9 Å². The lowest BCUT2D eigenvalue weighted by atomic mass is 9.80. The summed E-state index contributed by atoms with van der Waals surface area (Å²) < 4.78 is 6.65. The molecule has 1 fully saturated rings. The smallest absolute Gasteiger partial charge is 0.124 e. The fraction of sp³-hybridized carbons (Fsp3) is 0.538. The predicted molar refractivity (Wildman–Crippen MR) is 115 cm³/mol. The highest BCUT2D eigenvalue weighted by atomic mass is 16.5. The fourth-order valence-corrected chi connectivity index (χ4v) is 5.23. The molecule has 4 rings (SSSR count). The number of rotatable bonds is 5. The van der Waals surface area contributed by atoms with Gasteiger partial charge >= 0.3 is 0 Å². The standard InChI is InChI=1S/C26H34O/c1-4-19-11-9-12-20(5-2)26(19)22-16-21-13-8-10-18(3)25(21)24(17-22)27-23-14-6-7-15-23/h9,11-12,16-18,23H,4-8,10,13-15H2,1-3H3. The summed E-state index contributed by atoms with van der Waals surface area (Å²) in [5.74, 6) is 1.81. The molecule has 0 amide bonds. The van der Waals surface area contributed by atoms with Gasteiger partial charge in [-0.25, -0.2) is 0 Å². The van der Waals surface area contributed by atoms with E-state index in [1.54, 1.807) is 0 Å². The second-order valence-electron chi connectivity index (χ2n) is 8.52. The van der Waals surface area contributed by atoms with E-state index in [0.29, 0.717) is 12.0 Å². The summed E-state index contributed by atoms with van der Waals surface area (Å²) in [7, 11) is 0. The molecule has 0 N–H and O–H groups in total. The second kappa shape index (κ2) is 8.09. The number of hydrogen-bond donors (Lipinski definition) is 0. The first-order chi connectivity index (χ1) is 13.2. The quantitative estimate of drug-likeness (QED) is 0.544. The van der Waals surface area contributed by atoms with Gasteiger partial charge in [-0.15, -0.1) is 0 Å². The van der Waals surface area contributed by atoms with Gasteiger partial charge < -0.3 is 4.74 Å². The zero-order valence-electron chi connectivity index (χ0n) is 17.3. The van der Waals surface area contributed by atoms with Crippen LogP contribution < -0.4 is 4.74 Å². The first-order valence-corrected chi connectivity index (χ1v) is 11.2. The van der Waals surface area contributed by atoms with E-state index in [2.05, 4.69) is 51.1 Å². The van der Waals surface area contributed by atoms with Gasteiger partial charge in [0.05, 0.1) is 6.10 Å². The van der Waals surface area contributed by atoms with Crippen molar-refractivity contribution in [2.24, 2.45) is 0 Å². The maximum Gasteiger partial charge on any atom is 0.124 e. The third-order valence-corrected chi connectivity index (χ3v) is 6.69. The van der Waals surface area contributed by atoms with Crippen LogP contribution in [0.1, 0.15) is 87.5 Å². The van der Waals surface area contributed by atoms with Crippen LogP contribution in [0.2, 0.25) is 0 Å². The van der Waals surface area contributed by atoms with Gasteiger partial charge in [0.1, 0.15) is 5.75 Å². The van der Waals surface area contributed by atoms with Crippen LogP contribution in [0, 0.1) is 0 Å². The van der Waals surface area contributed by atoms with E-state index < -0.39 is 0 Å². The van der Waals surface area contributed by atoms with Crippen LogP contribution in [-0.2, 0) is 19.3 Å². The maximum atomic E-state index is 6.65. The van der Waals surface area contributed by atoms with Gasteiger partial charge in [0, 0.05) is 5.56 Å². The predicted octanol–water partition coefficient (Wildman–Crippen LogP) is 7.24. The van der Waals surface area contributed by atoms with Gasteiger partial charge in [-0.2, -0.15) is 0 Å². The van der Waals surface area contributed by atoms with E-state index in [9.17, 15) is 0 Å². The molecule has 1 unspecified atom stereocenters. The van der Waals surface area contributed by atoms with Crippen LogP contribution in [0.15, 0.2) is 30.3 Å². The van der Waals surface area contributed by atoms with Crippen molar-refractivity contribution in [3.63, 3.8) is 0 Å². The molecule has 1 saturated carbocycles. The molecule has 0 bridgehead atoms. The van der Waals surface area contributed by atoms with E-state index in [4.69, 9.17) is 4.74 Å². The third-order valence-electron chi connectivity index (χ3n) is 6.69. The molecule has 0 aliphatic heterocycles. The molecule has 1 atom stereocenters. The SMILES string of the molecule is CCc1cccc(CC)c1-c1cc2c(c(OC3CCCC3)c1)C(C)CCC2. The molecule has 0 radical (unpaired) electrons. The minimum absolute atomic E-state index is 0.422. The molecule has 2 aromatic carbocycles. The number of ether oxygens (including phenoxy) is 1. The fourth-order valence-electron chi connectivity index (χ4n) is 5.23. The largest absolute Gasteiger partial charge is 0.490 e. The Morgan fingerprint density at radius 1 is 0.926 bits per heavy atom. The minimum atomic E-state index is 0.422. The highest BCUT2D eigenvalue weighted by Gasteiger charge is 2.26. The van der Waals surface area contributed by atoms with E-state index in [0.717, 1.165) is 12.8 Å². The highest BCUT2D eigenvalue weighted by Crippen LogP contribution is 2.43. The molecule has 2 aromatic rings. The van der Waals surface area contributed by atoms with E-state index in [1.165, 1.54) is 84.1 Å². The van der Waals surface area contributed by atoms with Crippen LogP contribution in [0.5, 0.6) is 5.75 Å². The molecule has 0 saturated heterocycles. The molecule has 0 aromatic heterocycles. The third kappa shape index (κ3) is 3.66. The molecule has 1 nitrogen and oxygen atoms in total. The molecule has 0 spiro atoms. The average molecular weight is 363 g/mol. The minimum Gasteiger partial charge on any atom is -0.490 e. The van der Waals surface area contributed by atoms with Gasteiger partial charge in [-0.3, -0.25) is 0 Å². The van der Waals surface area contributed by atoms with E-state index in [1.807, 2.05) is 0 Å². The van der Waals surface area contributed by atoms with Crippen LogP contribution in [0.3, 0.4) is 0 Å². The summed E-state index contributed by atoms with van der Waals surface area (Å²) in [5, 5.41) is 0. The summed E-state index contributed by atoms with van der Waals surface area (Å²) in [4.78, 5) is 0. The van der Waals surface area contributed by atoms with Gasteiger partial charge in [-0.1, -0.05) is 45.0 Å². The Morgan fingerprint density at radius 3 is 2.30 bits per heavy atom. The second-order valence-corrected chi connectivity index (χ2v) is 8.52. The lowest BCUT2D eigenvalue weighted by Gasteiger charge is -2.28. The number of benzene rings is 2. The normalized spacial score (nSPS) is 19.9. The number of fused-ring (bicyclic) bond motifs is 1. The Hall–Kier alpha value is -1.76. The van der Waals surface area contributed by atoms with Crippen molar-refractivity contribution in [2.75, 3.05) is 0 Å². The first-order valence-electron chi connectivity index (χ1n) is 11.2. The Bertz CT molecular complexity index is 776. The van der Waals surface area contributed by atoms with Crippen molar-refractivity contribution >= 4 is 0 Å². The summed E-state index contributed by atoms with van der Waals surface area (Å²) in [5.41, 5.74) is 8.80.